The number of unbranched alkanes of at least 4 members (excludes halogenated alkanes) is 7. The van der Waals surface area contributed by atoms with Crippen molar-refractivity contribution in [2.24, 2.45) is 0 Å². The first-order valence-electron chi connectivity index (χ1n) is 6.85. The molecule has 0 aliphatic carbocycles. The molecule has 1 nitrogen and oxygen atoms in total. The maximum atomic E-state index is 11.3. The topological polar surface area (TPSA) is 17.1 Å². The Kier molecular flexibility index (Phi) is 12.0. The molecule has 16 heavy (non-hydrogen) atoms. The number of hydrogen-bond acceptors (Lipinski definition) is 1. The number of ketones is 1. The lowest BCUT2D eigenvalue weighted by atomic mass is 10.1. The lowest BCUT2D eigenvalue weighted by molar-refractivity contribution is -0.111. The standard InChI is InChI=1S/C15H27O/c1-3-5-7-8-9-10-12-14-15(16)13-11-6-4-2/h12-14H,3-11H2,1-2H3/b14-12+. The van der Waals surface area contributed by atoms with Crippen molar-refractivity contribution in [2.45, 2.75) is 71.6 Å². The highest BCUT2D eigenvalue weighted by Crippen LogP contribution is 2.06. The van der Waals surface area contributed by atoms with Gasteiger partial charge in [-0.05, 0) is 25.3 Å². The third-order valence-electron chi connectivity index (χ3n) is 2.66. The Bertz CT molecular complexity index is 182. The monoisotopic (exact) mass is 223 g/mol. The van der Waals surface area contributed by atoms with Crippen LogP contribution in [0, 0.1) is 6.42 Å². The number of rotatable bonds is 11. The van der Waals surface area contributed by atoms with Gasteiger partial charge >= 0.3 is 0 Å². The number of carbonyl (C=O) groups excluding carboxylic acids is 1. The molecule has 0 aromatic rings. The molecule has 0 fully saturated rings. The minimum atomic E-state index is 0.182. The second kappa shape index (κ2) is 12.5. The first-order chi connectivity index (χ1) is 7.81. The van der Waals surface area contributed by atoms with Crippen LogP contribution in [0.25, 0.3) is 0 Å². The van der Waals surface area contributed by atoms with E-state index in [4.69, 9.17) is 0 Å². The Morgan fingerprint density at radius 2 is 1.56 bits per heavy atom. The molecule has 0 unspecified atom stereocenters. The van der Waals surface area contributed by atoms with Crippen LogP contribution >= 0.6 is 0 Å². The van der Waals surface area contributed by atoms with E-state index in [1.54, 1.807) is 12.5 Å². The quantitative estimate of drug-likeness (QED) is 0.361. The average molecular weight is 223 g/mol. The lowest BCUT2D eigenvalue weighted by Crippen LogP contribution is -1.93. The van der Waals surface area contributed by atoms with E-state index in [0.29, 0.717) is 0 Å². The van der Waals surface area contributed by atoms with E-state index in [2.05, 4.69) is 13.8 Å². The van der Waals surface area contributed by atoms with Gasteiger partial charge in [-0.25, -0.2) is 0 Å². The van der Waals surface area contributed by atoms with Crippen molar-refractivity contribution in [1.82, 2.24) is 0 Å². The number of hydrogen-bond donors (Lipinski definition) is 0. The molecule has 0 heterocycles. The smallest absolute Gasteiger partial charge is 0.159 e. The fourth-order valence-corrected chi connectivity index (χ4v) is 1.58. The fraction of sp³-hybridized carbons (Fsp3) is 0.733. The highest BCUT2D eigenvalue weighted by molar-refractivity contribution is 5.96. The summed E-state index contributed by atoms with van der Waals surface area (Å²) in [5.41, 5.74) is 0. The van der Waals surface area contributed by atoms with Crippen LogP contribution in [-0.2, 0) is 4.79 Å². The van der Waals surface area contributed by atoms with E-state index in [0.717, 1.165) is 25.7 Å². The van der Waals surface area contributed by atoms with Crippen molar-refractivity contribution in [3.05, 3.63) is 18.6 Å². The maximum absolute atomic E-state index is 11.3. The molecular weight excluding hydrogens is 196 g/mol. The van der Waals surface area contributed by atoms with Crippen molar-refractivity contribution in [2.75, 3.05) is 0 Å². The van der Waals surface area contributed by atoms with Crippen LogP contribution in [0.15, 0.2) is 12.2 Å². The van der Waals surface area contributed by atoms with Gasteiger partial charge in [-0.2, -0.15) is 0 Å². The number of carbonyl (C=O) groups is 1. The van der Waals surface area contributed by atoms with E-state index in [-0.39, 0.29) is 5.78 Å². The van der Waals surface area contributed by atoms with Gasteiger partial charge in [0.2, 0.25) is 0 Å². The van der Waals surface area contributed by atoms with Gasteiger partial charge in [0.25, 0.3) is 0 Å². The molecule has 0 saturated heterocycles. The van der Waals surface area contributed by atoms with E-state index in [9.17, 15) is 4.79 Å². The van der Waals surface area contributed by atoms with Crippen LogP contribution in [0.5, 0.6) is 0 Å². The summed E-state index contributed by atoms with van der Waals surface area (Å²) in [4.78, 5) is 11.3. The first-order valence-corrected chi connectivity index (χ1v) is 6.85. The summed E-state index contributed by atoms with van der Waals surface area (Å²) in [6.45, 7) is 4.37. The van der Waals surface area contributed by atoms with Crippen molar-refractivity contribution in [1.29, 1.82) is 0 Å². The van der Waals surface area contributed by atoms with Crippen LogP contribution in [0.2, 0.25) is 0 Å². The Morgan fingerprint density at radius 1 is 0.875 bits per heavy atom. The molecular formula is C15H27O. The zero-order valence-electron chi connectivity index (χ0n) is 11.0. The molecule has 0 aliphatic heterocycles. The Labute approximate surface area is 101 Å². The maximum Gasteiger partial charge on any atom is 0.159 e. The molecule has 0 rings (SSSR count). The summed E-state index contributed by atoms with van der Waals surface area (Å²) in [7, 11) is 0. The SMILES string of the molecule is CCCC[CH]C(=O)/C=C/CCCCCCC. The normalized spacial score (nSPS) is 11.1. The highest BCUT2D eigenvalue weighted by atomic mass is 16.1. The predicted octanol–water partition coefficient (Wildman–Crippen LogP) is 4.87. The minimum absolute atomic E-state index is 0.182. The third-order valence-corrected chi connectivity index (χ3v) is 2.66. The van der Waals surface area contributed by atoms with Crippen LogP contribution in [0.4, 0.5) is 0 Å². The molecule has 0 saturated carbocycles. The summed E-state index contributed by atoms with van der Waals surface area (Å²) >= 11 is 0. The highest BCUT2D eigenvalue weighted by Gasteiger charge is 1.95. The molecule has 0 aromatic heterocycles. The molecule has 0 amide bonds. The minimum Gasteiger partial charge on any atom is -0.295 e. The largest absolute Gasteiger partial charge is 0.295 e. The van der Waals surface area contributed by atoms with Gasteiger partial charge in [0.05, 0.1) is 0 Å². The Hall–Kier alpha value is -0.590. The first kappa shape index (κ1) is 15.4. The second-order valence-electron chi connectivity index (χ2n) is 4.35. The van der Waals surface area contributed by atoms with E-state index in [1.807, 2.05) is 6.08 Å². The van der Waals surface area contributed by atoms with Crippen LogP contribution in [0.1, 0.15) is 71.6 Å². The molecule has 0 aliphatic rings. The van der Waals surface area contributed by atoms with Crippen molar-refractivity contribution in [3.63, 3.8) is 0 Å². The fourth-order valence-electron chi connectivity index (χ4n) is 1.58. The molecule has 0 spiro atoms. The Balaban J connectivity index is 3.28. The van der Waals surface area contributed by atoms with Gasteiger partial charge in [0.15, 0.2) is 5.78 Å². The van der Waals surface area contributed by atoms with Crippen LogP contribution < -0.4 is 0 Å². The lowest BCUT2D eigenvalue weighted by Gasteiger charge is -1.96. The summed E-state index contributed by atoms with van der Waals surface area (Å²) in [5, 5.41) is 0. The molecule has 1 radical (unpaired) electrons. The van der Waals surface area contributed by atoms with Gasteiger partial charge in [-0.3, -0.25) is 4.79 Å². The molecule has 0 aromatic carbocycles. The van der Waals surface area contributed by atoms with E-state index < -0.39 is 0 Å². The summed E-state index contributed by atoms with van der Waals surface area (Å²) in [6.07, 6.45) is 16.3. The van der Waals surface area contributed by atoms with E-state index in [1.165, 1.54) is 32.1 Å². The van der Waals surface area contributed by atoms with Crippen LogP contribution in [-0.4, -0.2) is 5.78 Å². The van der Waals surface area contributed by atoms with Crippen molar-refractivity contribution < 1.29 is 4.79 Å². The molecule has 1 heteroatoms. The average Bonchev–Trinajstić information content (AvgIpc) is 2.28. The zero-order valence-corrected chi connectivity index (χ0v) is 11.0. The molecule has 0 atom stereocenters. The second-order valence-corrected chi connectivity index (χ2v) is 4.35. The summed E-state index contributed by atoms with van der Waals surface area (Å²) < 4.78 is 0. The van der Waals surface area contributed by atoms with Gasteiger partial charge in [0.1, 0.15) is 0 Å². The molecule has 0 bridgehead atoms. The summed E-state index contributed by atoms with van der Waals surface area (Å²) in [5.74, 6) is 0.182. The third kappa shape index (κ3) is 11.5. The van der Waals surface area contributed by atoms with E-state index >= 15 is 0 Å². The van der Waals surface area contributed by atoms with Crippen molar-refractivity contribution >= 4 is 5.78 Å². The van der Waals surface area contributed by atoms with Crippen molar-refractivity contribution in [3.8, 4) is 0 Å². The van der Waals surface area contributed by atoms with Crippen LogP contribution in [0.3, 0.4) is 0 Å². The number of allylic oxidation sites excluding steroid dienone is 2. The zero-order chi connectivity index (χ0) is 12.1. The van der Waals surface area contributed by atoms with Gasteiger partial charge in [-0.15, -0.1) is 0 Å². The Morgan fingerprint density at radius 3 is 2.25 bits per heavy atom. The predicted molar refractivity (Wildman–Crippen MR) is 71.3 cm³/mol. The van der Waals surface area contributed by atoms with Gasteiger partial charge in [-0.1, -0.05) is 58.4 Å². The molecule has 0 N–H and O–H groups in total. The summed E-state index contributed by atoms with van der Waals surface area (Å²) in [6, 6.07) is 0. The van der Waals surface area contributed by atoms with Gasteiger partial charge in [0, 0.05) is 6.42 Å². The van der Waals surface area contributed by atoms with Gasteiger partial charge < -0.3 is 0 Å². The molecule has 93 valence electrons.